The Morgan fingerprint density at radius 2 is 1.83 bits per heavy atom. The topological polar surface area (TPSA) is 66.4 Å². The van der Waals surface area contributed by atoms with Crippen molar-refractivity contribution in [2.75, 3.05) is 0 Å². The van der Waals surface area contributed by atoms with Gasteiger partial charge in [0.25, 0.3) is 5.91 Å². The maximum Gasteiger partial charge on any atom is 0.326 e. The molecule has 2 aromatic rings. The third-order valence-corrected chi connectivity index (χ3v) is 4.23. The summed E-state index contributed by atoms with van der Waals surface area (Å²) in [6, 6.07) is 9.03. The predicted molar refractivity (Wildman–Crippen MR) is 88.1 cm³/mol. The van der Waals surface area contributed by atoms with E-state index in [1.807, 2.05) is 12.1 Å². The Balaban J connectivity index is 2.20. The molecule has 0 saturated carbocycles. The van der Waals surface area contributed by atoms with Gasteiger partial charge in [-0.3, -0.25) is 4.79 Å². The molecule has 0 bridgehead atoms. The molecule has 0 fully saturated rings. The van der Waals surface area contributed by atoms with Gasteiger partial charge in [-0.25, -0.2) is 13.6 Å². The maximum absolute atomic E-state index is 13.6. The number of hydrogen-bond donors (Lipinski definition) is 2. The van der Waals surface area contributed by atoms with E-state index in [0.717, 1.165) is 21.3 Å². The van der Waals surface area contributed by atoms with Gasteiger partial charge in [-0.2, -0.15) is 0 Å². The van der Waals surface area contributed by atoms with Crippen LogP contribution in [0.1, 0.15) is 15.9 Å². The molecule has 0 aliphatic heterocycles. The van der Waals surface area contributed by atoms with E-state index in [0.29, 0.717) is 0 Å². The van der Waals surface area contributed by atoms with E-state index < -0.39 is 35.1 Å². The molecule has 1 amide bonds. The van der Waals surface area contributed by atoms with E-state index in [1.165, 1.54) is 6.07 Å². The van der Waals surface area contributed by atoms with Crippen LogP contribution in [0.3, 0.4) is 0 Å². The molecule has 4 nitrogen and oxygen atoms in total. The number of hydrogen-bond acceptors (Lipinski definition) is 2. The second-order valence-electron chi connectivity index (χ2n) is 4.76. The van der Waals surface area contributed by atoms with Crippen LogP contribution in [0.2, 0.25) is 0 Å². The van der Waals surface area contributed by atoms with Gasteiger partial charge in [0.05, 0.1) is 5.56 Å². The van der Waals surface area contributed by atoms with Gasteiger partial charge in [-0.05, 0) is 46.4 Å². The average Bonchev–Trinajstić information content (AvgIpc) is 2.51. The lowest BCUT2D eigenvalue weighted by Gasteiger charge is -2.16. The maximum atomic E-state index is 13.6. The Bertz CT molecular complexity index is 752. The van der Waals surface area contributed by atoms with Gasteiger partial charge in [0.15, 0.2) is 11.6 Å². The van der Waals surface area contributed by atoms with Crippen LogP contribution in [0.15, 0.2) is 42.5 Å². The Kier molecular flexibility index (Phi) is 5.64. The van der Waals surface area contributed by atoms with Crippen molar-refractivity contribution in [3.8, 4) is 0 Å². The van der Waals surface area contributed by atoms with Crippen LogP contribution in [-0.2, 0) is 11.2 Å². The summed E-state index contributed by atoms with van der Waals surface area (Å²) in [7, 11) is 0. The number of aliphatic carboxylic acids is 1. The van der Waals surface area contributed by atoms with Crippen molar-refractivity contribution in [2.45, 2.75) is 12.5 Å². The third kappa shape index (κ3) is 4.25. The average molecular weight is 431 g/mol. The minimum absolute atomic E-state index is 0.0388. The molecule has 2 N–H and O–H groups in total. The first-order valence-electron chi connectivity index (χ1n) is 6.61. The van der Waals surface area contributed by atoms with Crippen LogP contribution >= 0.6 is 22.6 Å². The summed E-state index contributed by atoms with van der Waals surface area (Å²) in [5, 5.41) is 11.5. The second kappa shape index (κ2) is 7.49. The van der Waals surface area contributed by atoms with Gasteiger partial charge in [0.2, 0.25) is 0 Å². The highest BCUT2D eigenvalue weighted by atomic mass is 127. The quantitative estimate of drug-likeness (QED) is 0.716. The fourth-order valence-electron chi connectivity index (χ4n) is 2.00. The van der Waals surface area contributed by atoms with Crippen molar-refractivity contribution in [3.63, 3.8) is 0 Å². The van der Waals surface area contributed by atoms with Crippen molar-refractivity contribution in [2.24, 2.45) is 0 Å². The zero-order valence-electron chi connectivity index (χ0n) is 11.7. The summed E-state index contributed by atoms with van der Waals surface area (Å²) in [5.41, 5.74) is 0.208. The molecule has 0 spiro atoms. The molecule has 120 valence electrons. The highest BCUT2D eigenvalue weighted by molar-refractivity contribution is 14.1. The Labute approximate surface area is 144 Å². The molecule has 0 saturated heterocycles. The molecule has 0 aliphatic rings. The zero-order valence-corrected chi connectivity index (χ0v) is 13.9. The van der Waals surface area contributed by atoms with Gasteiger partial charge in [0.1, 0.15) is 6.04 Å². The molecule has 0 heterocycles. The number of halogens is 3. The summed E-state index contributed by atoms with van der Waals surface area (Å²) in [4.78, 5) is 23.4. The lowest BCUT2D eigenvalue weighted by molar-refractivity contribution is -0.139. The molecular weight excluding hydrogens is 419 g/mol. The van der Waals surface area contributed by atoms with Gasteiger partial charge in [-0.15, -0.1) is 0 Å². The minimum atomic E-state index is -1.30. The number of rotatable bonds is 5. The summed E-state index contributed by atoms with van der Waals surface area (Å²) >= 11 is 2.06. The lowest BCUT2D eigenvalue weighted by atomic mass is 10.1. The molecule has 0 unspecified atom stereocenters. The van der Waals surface area contributed by atoms with Crippen LogP contribution in [0.4, 0.5) is 8.78 Å². The Hall–Kier alpha value is -2.03. The van der Waals surface area contributed by atoms with E-state index in [1.54, 1.807) is 12.1 Å². The third-order valence-electron chi connectivity index (χ3n) is 3.18. The number of carbonyl (C=O) groups excluding carboxylic acids is 1. The van der Waals surface area contributed by atoms with Crippen molar-refractivity contribution in [1.29, 1.82) is 0 Å². The fourth-order valence-corrected chi connectivity index (χ4v) is 2.61. The molecular formula is C16H12F2INO3. The molecule has 2 aromatic carbocycles. The summed E-state index contributed by atoms with van der Waals surface area (Å²) in [6.45, 7) is 0. The summed E-state index contributed by atoms with van der Waals surface area (Å²) in [5.74, 6) is -4.69. The standard InChI is InChI=1S/C16H12F2INO3/c17-11-6-3-5-10(14(11)18)15(21)20-13(16(22)23)8-9-4-1-2-7-12(9)19/h1-7,13H,8H2,(H,20,21)(H,22,23)/t13-/m1/s1. The van der Waals surface area contributed by atoms with Crippen molar-refractivity contribution >= 4 is 34.5 Å². The molecule has 2 rings (SSSR count). The Morgan fingerprint density at radius 3 is 2.48 bits per heavy atom. The molecule has 0 radical (unpaired) electrons. The molecule has 1 atom stereocenters. The number of benzene rings is 2. The second-order valence-corrected chi connectivity index (χ2v) is 5.92. The first-order chi connectivity index (χ1) is 10.9. The largest absolute Gasteiger partial charge is 0.480 e. The number of carboxylic acids is 1. The molecule has 7 heteroatoms. The molecule has 23 heavy (non-hydrogen) atoms. The van der Waals surface area contributed by atoms with E-state index >= 15 is 0 Å². The van der Waals surface area contributed by atoms with Crippen LogP contribution in [-0.4, -0.2) is 23.0 Å². The summed E-state index contributed by atoms with van der Waals surface area (Å²) < 4.78 is 27.6. The van der Waals surface area contributed by atoms with E-state index in [-0.39, 0.29) is 6.42 Å². The highest BCUT2D eigenvalue weighted by Crippen LogP contribution is 2.15. The van der Waals surface area contributed by atoms with Crippen molar-refractivity contribution in [1.82, 2.24) is 5.32 Å². The van der Waals surface area contributed by atoms with E-state index in [9.17, 15) is 23.5 Å². The lowest BCUT2D eigenvalue weighted by Crippen LogP contribution is -2.42. The zero-order chi connectivity index (χ0) is 17.0. The fraction of sp³-hybridized carbons (Fsp3) is 0.125. The van der Waals surface area contributed by atoms with E-state index in [2.05, 4.69) is 27.9 Å². The smallest absolute Gasteiger partial charge is 0.326 e. The minimum Gasteiger partial charge on any atom is -0.480 e. The first kappa shape index (κ1) is 17.3. The first-order valence-corrected chi connectivity index (χ1v) is 7.69. The van der Waals surface area contributed by atoms with Crippen molar-refractivity contribution < 1.29 is 23.5 Å². The number of carboxylic acid groups (broad SMARTS) is 1. The Morgan fingerprint density at radius 1 is 1.13 bits per heavy atom. The van der Waals surface area contributed by atoms with Gasteiger partial charge < -0.3 is 10.4 Å². The predicted octanol–water partition coefficient (Wildman–Crippen LogP) is 3.00. The number of nitrogens with one attached hydrogen (secondary N) is 1. The normalized spacial score (nSPS) is 11.8. The van der Waals surface area contributed by atoms with Crippen molar-refractivity contribution in [3.05, 3.63) is 68.8 Å². The number of carbonyl (C=O) groups is 2. The van der Waals surface area contributed by atoms with Crippen LogP contribution in [0.5, 0.6) is 0 Å². The van der Waals surface area contributed by atoms with Gasteiger partial charge in [-0.1, -0.05) is 24.3 Å². The van der Waals surface area contributed by atoms with Crippen LogP contribution in [0, 0.1) is 15.2 Å². The number of amides is 1. The molecule has 0 aromatic heterocycles. The van der Waals surface area contributed by atoms with E-state index in [4.69, 9.17) is 0 Å². The molecule has 0 aliphatic carbocycles. The van der Waals surface area contributed by atoms with Crippen LogP contribution < -0.4 is 5.32 Å². The summed E-state index contributed by atoms with van der Waals surface area (Å²) in [6.07, 6.45) is 0.0388. The van der Waals surface area contributed by atoms with Gasteiger partial charge in [0, 0.05) is 9.99 Å². The van der Waals surface area contributed by atoms with Gasteiger partial charge >= 0.3 is 5.97 Å². The SMILES string of the molecule is O=C(N[C@H](Cc1ccccc1I)C(=O)O)c1cccc(F)c1F. The van der Waals surface area contributed by atoms with Crippen LogP contribution in [0.25, 0.3) is 0 Å². The highest BCUT2D eigenvalue weighted by Gasteiger charge is 2.24. The monoisotopic (exact) mass is 431 g/mol.